The second kappa shape index (κ2) is 8.49. The second-order valence-electron chi connectivity index (χ2n) is 6.61. The second-order valence-corrected chi connectivity index (χ2v) is 6.61. The summed E-state index contributed by atoms with van der Waals surface area (Å²) in [6.45, 7) is 7.49. The van der Waals surface area contributed by atoms with Gasteiger partial charge in [-0.1, -0.05) is 25.5 Å². The van der Waals surface area contributed by atoms with Gasteiger partial charge in [0.15, 0.2) is 0 Å². The summed E-state index contributed by atoms with van der Waals surface area (Å²) in [6, 6.07) is 1.52. The lowest BCUT2D eigenvalue weighted by molar-refractivity contribution is 0.106. The Bertz CT molecular complexity index is 340. The first-order valence-electron chi connectivity index (χ1n) is 8.56. The van der Waals surface area contributed by atoms with E-state index in [4.69, 9.17) is 0 Å². The number of rotatable bonds is 7. The van der Waals surface area contributed by atoms with Gasteiger partial charge >= 0.3 is 0 Å². The summed E-state index contributed by atoms with van der Waals surface area (Å²) in [5.74, 6) is 1.91. The van der Waals surface area contributed by atoms with Crippen LogP contribution in [0.2, 0.25) is 0 Å². The number of unbranched alkanes of at least 4 members (excludes halogenated alkanes) is 1. The molecule has 1 saturated heterocycles. The van der Waals surface area contributed by atoms with Gasteiger partial charge in [0.1, 0.15) is 0 Å². The summed E-state index contributed by atoms with van der Waals surface area (Å²) in [6.07, 6.45) is 17.6. The summed E-state index contributed by atoms with van der Waals surface area (Å²) in [5.41, 5.74) is 2.89. The predicted molar refractivity (Wildman–Crippen MR) is 87.8 cm³/mol. The van der Waals surface area contributed by atoms with Gasteiger partial charge in [-0.3, -0.25) is 0 Å². The molecule has 0 spiro atoms. The number of nitrogens with one attached hydrogen (secondary N) is 1. The van der Waals surface area contributed by atoms with Crippen LogP contribution in [0.5, 0.6) is 0 Å². The zero-order chi connectivity index (χ0) is 14.2. The maximum atomic E-state index is 3.95. The molecule has 2 fully saturated rings. The number of hydrogen-bond donors (Lipinski definition) is 1. The molecule has 1 saturated carbocycles. The van der Waals surface area contributed by atoms with Crippen LogP contribution in [0.4, 0.5) is 0 Å². The summed E-state index contributed by atoms with van der Waals surface area (Å²) in [4.78, 5) is 0. The smallest absolute Gasteiger partial charge is 0.0101 e. The molecule has 2 aliphatic rings. The number of hydrogen-bond acceptors (Lipinski definition) is 1. The van der Waals surface area contributed by atoms with Crippen LogP contribution >= 0.6 is 0 Å². The van der Waals surface area contributed by atoms with Gasteiger partial charge in [0.2, 0.25) is 0 Å². The molecule has 0 bridgehead atoms. The molecule has 1 nitrogen and oxygen atoms in total. The molecule has 0 amide bonds. The van der Waals surface area contributed by atoms with Gasteiger partial charge in [0.25, 0.3) is 0 Å². The molecule has 1 aliphatic heterocycles. The standard InChI is InChI=1S/C19H31N/c1-3-5-7-10-16-11-9-13-19-18(16)15-14-17(20-19)12-8-6-4-2/h3,6,16-20H,1-2,5,7-15H2. The Kier molecular flexibility index (Phi) is 6.63. The topological polar surface area (TPSA) is 12.0 Å². The van der Waals surface area contributed by atoms with Gasteiger partial charge in [-0.25, -0.2) is 0 Å². The van der Waals surface area contributed by atoms with Crippen LogP contribution in [-0.2, 0) is 0 Å². The SMILES string of the molecule is C=C=CCCC1CCC2C(CCCC=C)CCCC2N1. The Labute approximate surface area is 125 Å². The summed E-state index contributed by atoms with van der Waals surface area (Å²) in [5, 5.41) is 3.95. The van der Waals surface area contributed by atoms with E-state index in [-0.39, 0.29) is 0 Å². The van der Waals surface area contributed by atoms with Crippen LogP contribution in [0.25, 0.3) is 0 Å². The van der Waals surface area contributed by atoms with E-state index in [1.165, 1.54) is 57.8 Å². The Morgan fingerprint density at radius 1 is 1.10 bits per heavy atom. The first-order valence-corrected chi connectivity index (χ1v) is 8.56. The molecule has 1 aliphatic carbocycles. The number of fused-ring (bicyclic) bond motifs is 1. The highest BCUT2D eigenvalue weighted by atomic mass is 15.0. The van der Waals surface area contributed by atoms with E-state index < -0.39 is 0 Å². The molecule has 112 valence electrons. The van der Waals surface area contributed by atoms with Gasteiger partial charge in [-0.2, -0.15) is 0 Å². The van der Waals surface area contributed by atoms with E-state index in [9.17, 15) is 0 Å². The molecule has 2 rings (SSSR count). The van der Waals surface area contributed by atoms with Crippen LogP contribution in [-0.4, -0.2) is 12.1 Å². The van der Waals surface area contributed by atoms with Crippen molar-refractivity contribution in [2.24, 2.45) is 11.8 Å². The van der Waals surface area contributed by atoms with E-state index >= 15 is 0 Å². The molecular formula is C19H31N. The summed E-state index contributed by atoms with van der Waals surface area (Å²) < 4.78 is 0. The van der Waals surface area contributed by atoms with Crippen LogP contribution in [0, 0.1) is 11.8 Å². The van der Waals surface area contributed by atoms with Gasteiger partial charge < -0.3 is 5.32 Å². The molecule has 0 aromatic carbocycles. The largest absolute Gasteiger partial charge is 0.311 e. The Hall–Kier alpha value is -0.780. The zero-order valence-corrected chi connectivity index (χ0v) is 12.9. The molecular weight excluding hydrogens is 242 g/mol. The number of allylic oxidation sites excluding steroid dienone is 2. The fraction of sp³-hybridized carbons (Fsp3) is 0.737. The average molecular weight is 273 g/mol. The molecule has 0 radical (unpaired) electrons. The average Bonchev–Trinajstić information content (AvgIpc) is 2.48. The highest BCUT2D eigenvalue weighted by Gasteiger charge is 2.36. The van der Waals surface area contributed by atoms with E-state index in [1.807, 2.05) is 0 Å². The fourth-order valence-corrected chi connectivity index (χ4v) is 4.28. The van der Waals surface area contributed by atoms with Crippen LogP contribution in [0.1, 0.15) is 64.2 Å². The van der Waals surface area contributed by atoms with Crippen molar-refractivity contribution in [3.63, 3.8) is 0 Å². The van der Waals surface area contributed by atoms with E-state index in [2.05, 4.69) is 36.4 Å². The van der Waals surface area contributed by atoms with Crippen LogP contribution in [0.3, 0.4) is 0 Å². The highest BCUT2D eigenvalue weighted by molar-refractivity contribution is 4.94. The van der Waals surface area contributed by atoms with Crippen molar-refractivity contribution >= 4 is 0 Å². The first-order chi connectivity index (χ1) is 9.85. The van der Waals surface area contributed by atoms with Crippen LogP contribution < -0.4 is 5.32 Å². The Morgan fingerprint density at radius 3 is 2.80 bits per heavy atom. The van der Waals surface area contributed by atoms with Crippen molar-refractivity contribution in [1.29, 1.82) is 0 Å². The normalized spacial score (nSPS) is 33.0. The highest BCUT2D eigenvalue weighted by Crippen LogP contribution is 2.39. The third kappa shape index (κ3) is 4.36. The molecule has 4 unspecified atom stereocenters. The molecule has 20 heavy (non-hydrogen) atoms. The van der Waals surface area contributed by atoms with Gasteiger partial charge in [0, 0.05) is 12.1 Å². The van der Waals surface area contributed by atoms with Gasteiger partial charge in [0.05, 0.1) is 0 Å². The molecule has 4 atom stereocenters. The minimum atomic E-state index is 0.729. The predicted octanol–water partition coefficient (Wildman–Crippen LogP) is 5.00. The van der Waals surface area contributed by atoms with Crippen molar-refractivity contribution in [3.8, 4) is 0 Å². The van der Waals surface area contributed by atoms with Crippen molar-refractivity contribution in [2.75, 3.05) is 0 Å². The molecule has 0 aromatic heterocycles. The third-order valence-electron chi connectivity index (χ3n) is 5.30. The molecule has 0 aromatic rings. The maximum Gasteiger partial charge on any atom is 0.0101 e. The summed E-state index contributed by atoms with van der Waals surface area (Å²) >= 11 is 0. The minimum Gasteiger partial charge on any atom is -0.311 e. The molecule has 1 heteroatoms. The van der Waals surface area contributed by atoms with Gasteiger partial charge in [-0.05, 0) is 69.3 Å². The monoisotopic (exact) mass is 273 g/mol. The van der Waals surface area contributed by atoms with Crippen molar-refractivity contribution in [2.45, 2.75) is 76.3 Å². The van der Waals surface area contributed by atoms with Crippen molar-refractivity contribution in [3.05, 3.63) is 31.0 Å². The molecule has 1 heterocycles. The minimum absolute atomic E-state index is 0.729. The van der Waals surface area contributed by atoms with Gasteiger partial charge in [-0.15, -0.1) is 12.3 Å². The number of piperidine rings is 1. The van der Waals surface area contributed by atoms with Crippen molar-refractivity contribution in [1.82, 2.24) is 5.32 Å². The molecule has 1 N–H and O–H groups in total. The van der Waals surface area contributed by atoms with Crippen LogP contribution in [0.15, 0.2) is 31.0 Å². The zero-order valence-electron chi connectivity index (χ0n) is 12.9. The third-order valence-corrected chi connectivity index (χ3v) is 5.30. The lowest BCUT2D eigenvalue weighted by Crippen LogP contribution is -2.51. The Balaban J connectivity index is 1.80. The quantitative estimate of drug-likeness (QED) is 0.391. The summed E-state index contributed by atoms with van der Waals surface area (Å²) in [7, 11) is 0. The Morgan fingerprint density at radius 2 is 2.00 bits per heavy atom. The van der Waals surface area contributed by atoms with E-state index in [0.717, 1.165) is 30.3 Å². The lowest BCUT2D eigenvalue weighted by atomic mass is 9.69. The lowest BCUT2D eigenvalue weighted by Gasteiger charge is -2.45. The van der Waals surface area contributed by atoms with E-state index in [1.54, 1.807) is 0 Å². The maximum absolute atomic E-state index is 3.95. The van der Waals surface area contributed by atoms with Crippen molar-refractivity contribution < 1.29 is 0 Å². The fourth-order valence-electron chi connectivity index (χ4n) is 4.28. The first kappa shape index (κ1) is 15.6. The van der Waals surface area contributed by atoms with E-state index in [0.29, 0.717) is 0 Å².